The third kappa shape index (κ3) is 2.70. The maximum absolute atomic E-state index is 11.7. The lowest BCUT2D eigenvalue weighted by Crippen LogP contribution is -2.37. The summed E-state index contributed by atoms with van der Waals surface area (Å²) >= 11 is 7.33. The number of hydrogen-bond donors (Lipinski definition) is 2. The number of hydrogen-bond acceptors (Lipinski definition) is 5. The second kappa shape index (κ2) is 5.49. The van der Waals surface area contributed by atoms with Gasteiger partial charge in [0.1, 0.15) is 16.7 Å². The molecule has 0 aliphatic rings. The van der Waals surface area contributed by atoms with Gasteiger partial charge in [0, 0.05) is 6.54 Å². The van der Waals surface area contributed by atoms with Crippen molar-refractivity contribution in [2.75, 3.05) is 11.9 Å². The molecule has 5 nitrogen and oxygen atoms in total. The number of likely N-dealkylation sites (N-methyl/N-ethyl adjacent to an activating group) is 1. The molecule has 1 amide bonds. The third-order valence-corrected chi connectivity index (χ3v) is 3.37. The molecule has 2 heterocycles. The number of rotatable bonds is 4. The Kier molecular flexibility index (Phi) is 3.98. The van der Waals surface area contributed by atoms with Crippen molar-refractivity contribution in [1.29, 1.82) is 0 Å². The van der Waals surface area contributed by atoms with Crippen molar-refractivity contribution in [3.63, 3.8) is 0 Å². The first-order valence-electron chi connectivity index (χ1n) is 5.56. The topological polar surface area (TPSA) is 66.9 Å². The molecule has 1 unspecified atom stereocenters. The molecule has 2 aromatic rings. The summed E-state index contributed by atoms with van der Waals surface area (Å²) in [6.45, 7) is 4.26. The van der Waals surface area contributed by atoms with Gasteiger partial charge >= 0.3 is 0 Å². The monoisotopic (exact) mass is 284 g/mol. The molecular weight excluding hydrogens is 272 g/mol. The van der Waals surface area contributed by atoms with Gasteiger partial charge in [0.05, 0.1) is 5.39 Å². The van der Waals surface area contributed by atoms with Gasteiger partial charge in [-0.3, -0.25) is 4.79 Å². The van der Waals surface area contributed by atoms with E-state index in [2.05, 4.69) is 20.6 Å². The average Bonchev–Trinajstić information content (AvgIpc) is 2.77. The Morgan fingerprint density at radius 2 is 2.33 bits per heavy atom. The summed E-state index contributed by atoms with van der Waals surface area (Å²) in [4.78, 5) is 20.7. The van der Waals surface area contributed by atoms with Crippen LogP contribution in [0, 0.1) is 0 Å². The van der Waals surface area contributed by atoms with Crippen LogP contribution in [-0.2, 0) is 4.79 Å². The van der Waals surface area contributed by atoms with Gasteiger partial charge in [-0.1, -0.05) is 0 Å². The highest BCUT2D eigenvalue weighted by Crippen LogP contribution is 2.26. The molecular formula is C11H13ClN4OS. The standard InChI is InChI=1S/C11H13ClN4OS/c1-3-13-9(17)6(2)14-8-7-4-5-18-10(7)16-11(12)15-8/h4-6H,3H2,1-2H3,(H,13,17)(H,14,15,16). The van der Waals surface area contributed by atoms with Crippen LogP contribution >= 0.6 is 22.9 Å². The number of anilines is 1. The number of amides is 1. The first-order chi connectivity index (χ1) is 8.61. The Hall–Kier alpha value is -1.40. The summed E-state index contributed by atoms with van der Waals surface area (Å²) in [5.74, 6) is 0.514. The summed E-state index contributed by atoms with van der Waals surface area (Å²) in [7, 11) is 0. The number of halogens is 1. The molecule has 96 valence electrons. The van der Waals surface area contributed by atoms with Gasteiger partial charge in [-0.25, -0.2) is 9.97 Å². The summed E-state index contributed by atoms with van der Waals surface area (Å²) in [6, 6.07) is 1.53. The summed E-state index contributed by atoms with van der Waals surface area (Å²) in [6.07, 6.45) is 0. The molecule has 0 bridgehead atoms. The van der Waals surface area contributed by atoms with E-state index < -0.39 is 0 Å². The van der Waals surface area contributed by atoms with Crippen molar-refractivity contribution in [1.82, 2.24) is 15.3 Å². The Balaban J connectivity index is 2.25. The highest BCUT2D eigenvalue weighted by molar-refractivity contribution is 7.16. The van der Waals surface area contributed by atoms with Crippen molar-refractivity contribution in [3.8, 4) is 0 Å². The maximum Gasteiger partial charge on any atom is 0.242 e. The normalized spacial score (nSPS) is 12.4. The number of nitrogens with zero attached hydrogens (tertiary/aromatic N) is 2. The van der Waals surface area contributed by atoms with E-state index in [-0.39, 0.29) is 17.2 Å². The average molecular weight is 285 g/mol. The maximum atomic E-state index is 11.7. The molecule has 2 rings (SSSR count). The molecule has 2 aromatic heterocycles. The van der Waals surface area contributed by atoms with Gasteiger partial charge in [-0.05, 0) is 36.9 Å². The van der Waals surface area contributed by atoms with Crippen LogP contribution in [0.15, 0.2) is 11.4 Å². The lowest BCUT2D eigenvalue weighted by Gasteiger charge is -2.14. The van der Waals surface area contributed by atoms with Gasteiger partial charge in [0.15, 0.2) is 0 Å². The molecule has 0 aliphatic heterocycles. The number of aromatic nitrogens is 2. The number of thiophene rings is 1. The van der Waals surface area contributed by atoms with Crippen molar-refractivity contribution in [3.05, 3.63) is 16.7 Å². The Bertz CT molecular complexity index is 571. The fourth-order valence-corrected chi connectivity index (χ4v) is 2.52. The van der Waals surface area contributed by atoms with E-state index in [9.17, 15) is 4.79 Å². The predicted octanol–water partition coefficient (Wildman–Crippen LogP) is 2.28. The quantitative estimate of drug-likeness (QED) is 0.846. The van der Waals surface area contributed by atoms with Crippen molar-refractivity contribution in [2.24, 2.45) is 0 Å². The van der Waals surface area contributed by atoms with Gasteiger partial charge in [0.25, 0.3) is 0 Å². The molecule has 0 fully saturated rings. The molecule has 0 radical (unpaired) electrons. The summed E-state index contributed by atoms with van der Waals surface area (Å²) in [5.41, 5.74) is 0. The second-order valence-electron chi connectivity index (χ2n) is 3.74. The second-order valence-corrected chi connectivity index (χ2v) is 4.97. The van der Waals surface area contributed by atoms with Gasteiger partial charge in [-0.15, -0.1) is 11.3 Å². The molecule has 0 aliphatic carbocycles. The van der Waals surface area contributed by atoms with E-state index in [4.69, 9.17) is 11.6 Å². The smallest absolute Gasteiger partial charge is 0.242 e. The van der Waals surface area contributed by atoms with Gasteiger partial charge < -0.3 is 10.6 Å². The molecule has 0 spiro atoms. The van der Waals surface area contributed by atoms with E-state index in [1.165, 1.54) is 11.3 Å². The lowest BCUT2D eigenvalue weighted by atomic mass is 10.3. The lowest BCUT2D eigenvalue weighted by molar-refractivity contribution is -0.121. The predicted molar refractivity (Wildman–Crippen MR) is 74.2 cm³/mol. The molecule has 2 N–H and O–H groups in total. The van der Waals surface area contributed by atoms with Crippen LogP contribution in [0.4, 0.5) is 5.82 Å². The Morgan fingerprint density at radius 1 is 1.56 bits per heavy atom. The van der Waals surface area contributed by atoms with Crippen LogP contribution in [0.25, 0.3) is 10.2 Å². The zero-order valence-corrected chi connectivity index (χ0v) is 11.6. The number of carbonyl (C=O) groups is 1. The number of nitrogens with one attached hydrogen (secondary N) is 2. The molecule has 7 heteroatoms. The molecule has 18 heavy (non-hydrogen) atoms. The third-order valence-electron chi connectivity index (χ3n) is 2.40. The number of fused-ring (bicyclic) bond motifs is 1. The molecule has 0 saturated heterocycles. The summed E-state index contributed by atoms with van der Waals surface area (Å²) in [5, 5.41) is 8.77. The zero-order valence-electron chi connectivity index (χ0n) is 10.0. The minimum absolute atomic E-state index is 0.0735. The van der Waals surface area contributed by atoms with Crippen LogP contribution in [0.2, 0.25) is 5.28 Å². The van der Waals surface area contributed by atoms with Gasteiger partial charge in [0.2, 0.25) is 11.2 Å². The van der Waals surface area contributed by atoms with Crippen molar-refractivity contribution < 1.29 is 4.79 Å². The van der Waals surface area contributed by atoms with E-state index in [0.29, 0.717) is 12.4 Å². The van der Waals surface area contributed by atoms with Crippen LogP contribution in [0.3, 0.4) is 0 Å². The zero-order chi connectivity index (χ0) is 13.1. The van der Waals surface area contributed by atoms with Crippen LogP contribution in [-0.4, -0.2) is 28.5 Å². The minimum atomic E-state index is -0.376. The molecule has 0 aromatic carbocycles. The van der Waals surface area contributed by atoms with Crippen LogP contribution in [0.1, 0.15) is 13.8 Å². The largest absolute Gasteiger partial charge is 0.358 e. The Morgan fingerprint density at radius 3 is 3.06 bits per heavy atom. The molecule has 1 atom stereocenters. The van der Waals surface area contributed by atoms with Crippen LogP contribution < -0.4 is 10.6 Å². The van der Waals surface area contributed by atoms with E-state index in [0.717, 1.165) is 10.2 Å². The fraction of sp³-hybridized carbons (Fsp3) is 0.364. The van der Waals surface area contributed by atoms with Crippen molar-refractivity contribution >= 4 is 44.9 Å². The molecule has 0 saturated carbocycles. The first-order valence-corrected chi connectivity index (χ1v) is 6.82. The minimum Gasteiger partial charge on any atom is -0.358 e. The van der Waals surface area contributed by atoms with Crippen LogP contribution in [0.5, 0.6) is 0 Å². The van der Waals surface area contributed by atoms with E-state index in [1.54, 1.807) is 6.92 Å². The van der Waals surface area contributed by atoms with E-state index in [1.807, 2.05) is 18.4 Å². The Labute approximate surface area is 114 Å². The highest BCUT2D eigenvalue weighted by Gasteiger charge is 2.15. The SMILES string of the molecule is CCNC(=O)C(C)Nc1nc(Cl)nc2sccc12. The van der Waals surface area contributed by atoms with Gasteiger partial charge in [-0.2, -0.15) is 0 Å². The summed E-state index contributed by atoms with van der Waals surface area (Å²) < 4.78 is 0. The van der Waals surface area contributed by atoms with Crippen molar-refractivity contribution in [2.45, 2.75) is 19.9 Å². The first kappa shape index (κ1) is 13.0. The fourth-order valence-electron chi connectivity index (χ4n) is 1.54. The highest BCUT2D eigenvalue weighted by atomic mass is 35.5. The number of carbonyl (C=O) groups excluding carboxylic acids is 1. The van der Waals surface area contributed by atoms with E-state index >= 15 is 0 Å².